The van der Waals surface area contributed by atoms with Crippen LogP contribution in [0.1, 0.15) is 24.1 Å². The van der Waals surface area contributed by atoms with Crippen molar-refractivity contribution in [3.63, 3.8) is 0 Å². The van der Waals surface area contributed by atoms with Crippen molar-refractivity contribution >= 4 is 65.2 Å². The van der Waals surface area contributed by atoms with E-state index in [1.807, 2.05) is 6.07 Å². The molecule has 2 saturated heterocycles. The molecule has 4 heterocycles. The number of hydrogen-bond acceptors (Lipinski definition) is 10. The molecule has 2 unspecified atom stereocenters. The van der Waals surface area contributed by atoms with Crippen molar-refractivity contribution in [2.75, 3.05) is 25.4 Å². The second-order valence-electron chi connectivity index (χ2n) is 10.00. The topological polar surface area (TPSA) is 190 Å². The highest BCUT2D eigenvalue weighted by molar-refractivity contribution is 8.08. The van der Waals surface area contributed by atoms with Gasteiger partial charge >= 0.3 is 23.8 Å². The predicted octanol–water partition coefficient (Wildman–Crippen LogP) is 1.33. The number of fused-ring (bicyclic) bond motifs is 1. The summed E-state index contributed by atoms with van der Waals surface area (Å²) in [7, 11) is 0. The number of β-lactam (4-membered cyclic amide) rings is 1. The molecule has 0 spiro atoms. The molecule has 16 heteroatoms. The SMILES string of the molecule is CCN1CCN(C(=O)NC(C(=O)NC2C(=O)N3C(C(=O)O)=C(SC=Cc4cccnc4)CS[C@@H]23)c2ccc(O)cc2)C(=O)C1=O. The van der Waals surface area contributed by atoms with Crippen molar-refractivity contribution in [1.29, 1.82) is 0 Å². The number of pyridine rings is 1. The fourth-order valence-corrected chi connectivity index (χ4v) is 7.28. The number of carboxylic acid groups (broad SMARTS) is 1. The van der Waals surface area contributed by atoms with Crippen LogP contribution in [0, 0.1) is 0 Å². The van der Waals surface area contributed by atoms with Crippen LogP contribution >= 0.6 is 23.5 Å². The molecule has 0 radical (unpaired) electrons. The fraction of sp³-hybridized carbons (Fsp3) is 0.276. The average Bonchev–Trinajstić information content (AvgIpc) is 3.04. The van der Waals surface area contributed by atoms with Crippen LogP contribution in [-0.4, -0.2) is 102 Å². The summed E-state index contributed by atoms with van der Waals surface area (Å²) in [6.45, 7) is 2.06. The Hall–Kier alpha value is -4.83. The van der Waals surface area contributed by atoms with Crippen LogP contribution in [0.5, 0.6) is 5.75 Å². The first-order valence-electron chi connectivity index (χ1n) is 13.8. The van der Waals surface area contributed by atoms with Gasteiger partial charge < -0.3 is 25.7 Å². The molecule has 234 valence electrons. The highest BCUT2D eigenvalue weighted by atomic mass is 32.2. The van der Waals surface area contributed by atoms with Gasteiger partial charge in [0, 0.05) is 42.7 Å². The Bertz CT molecular complexity index is 1600. The van der Waals surface area contributed by atoms with Gasteiger partial charge in [-0.15, -0.1) is 11.8 Å². The maximum atomic E-state index is 13.6. The van der Waals surface area contributed by atoms with Crippen LogP contribution in [-0.2, 0) is 24.0 Å². The van der Waals surface area contributed by atoms with Gasteiger partial charge in [-0.1, -0.05) is 30.0 Å². The molecule has 3 aliphatic rings. The van der Waals surface area contributed by atoms with E-state index in [9.17, 15) is 39.0 Å². The summed E-state index contributed by atoms with van der Waals surface area (Å²) in [5.74, 6) is -4.44. The molecule has 0 aliphatic carbocycles. The van der Waals surface area contributed by atoms with Gasteiger partial charge in [-0.05, 0) is 47.7 Å². The molecule has 1 aromatic heterocycles. The lowest BCUT2D eigenvalue weighted by molar-refractivity contribution is -0.153. The summed E-state index contributed by atoms with van der Waals surface area (Å²) < 4.78 is 0. The van der Waals surface area contributed by atoms with E-state index in [2.05, 4.69) is 15.6 Å². The van der Waals surface area contributed by atoms with Gasteiger partial charge in [-0.2, -0.15) is 0 Å². The molecule has 3 atom stereocenters. The normalized spacial score (nSPS) is 20.6. The zero-order chi connectivity index (χ0) is 32.2. The monoisotopic (exact) mass is 652 g/mol. The molecule has 45 heavy (non-hydrogen) atoms. The maximum Gasteiger partial charge on any atom is 0.353 e. The van der Waals surface area contributed by atoms with Gasteiger partial charge in [0.15, 0.2) is 0 Å². The molecule has 3 aliphatic heterocycles. The quantitative estimate of drug-likeness (QED) is 0.226. The second-order valence-corrected chi connectivity index (χ2v) is 12.1. The van der Waals surface area contributed by atoms with Gasteiger partial charge in [-0.25, -0.2) is 9.59 Å². The number of nitrogens with zero attached hydrogens (tertiary/aromatic N) is 4. The molecule has 14 nitrogen and oxygen atoms in total. The number of likely N-dealkylation sites (N-methyl/N-ethyl adjacent to an activating group) is 1. The molecule has 5 rings (SSSR count). The summed E-state index contributed by atoms with van der Waals surface area (Å²) in [5, 5.41) is 25.8. The Morgan fingerprint density at radius 1 is 1.13 bits per heavy atom. The Morgan fingerprint density at radius 2 is 1.89 bits per heavy atom. The number of amides is 6. The first kappa shape index (κ1) is 31.6. The molecular formula is C29H28N6O8S2. The van der Waals surface area contributed by atoms with Crippen molar-refractivity contribution in [3.8, 4) is 5.75 Å². The van der Waals surface area contributed by atoms with Crippen molar-refractivity contribution in [3.05, 3.63) is 75.9 Å². The zero-order valence-electron chi connectivity index (χ0n) is 23.8. The number of aromatic nitrogens is 1. The zero-order valence-corrected chi connectivity index (χ0v) is 25.4. The Balaban J connectivity index is 1.31. The fourth-order valence-electron chi connectivity index (χ4n) is 4.93. The number of carbonyl (C=O) groups excluding carboxylic acids is 5. The summed E-state index contributed by atoms with van der Waals surface area (Å²) in [6, 6.07) is 5.49. The maximum absolute atomic E-state index is 13.6. The van der Waals surface area contributed by atoms with E-state index in [0.717, 1.165) is 10.5 Å². The molecule has 6 amide bonds. The van der Waals surface area contributed by atoms with Crippen molar-refractivity contribution < 1.29 is 39.0 Å². The van der Waals surface area contributed by atoms with E-state index in [1.54, 1.807) is 36.9 Å². The number of imide groups is 1. The average molecular weight is 653 g/mol. The lowest BCUT2D eigenvalue weighted by Gasteiger charge is -2.49. The smallest absolute Gasteiger partial charge is 0.353 e. The predicted molar refractivity (Wildman–Crippen MR) is 164 cm³/mol. The third kappa shape index (κ3) is 6.51. The highest BCUT2D eigenvalue weighted by Gasteiger charge is 2.54. The standard InChI is InChI=1S/C29H28N6O8S2/c1-2-33-11-12-34(26(40)25(33)39)29(43)32-20(17-5-7-18(36)8-6-17)23(37)31-21-24(38)35-22(28(41)42)19(15-45-27(21)35)44-13-9-16-4-3-10-30-14-16/h3-10,13-14,20-21,27,36H,2,11-12,15H2,1H3,(H,31,37)(H,32,43)(H,41,42)/t20?,21?,27-/m0/s1. The van der Waals surface area contributed by atoms with E-state index in [0.29, 0.717) is 16.3 Å². The number of urea groups is 1. The van der Waals surface area contributed by atoms with Gasteiger partial charge in [0.2, 0.25) is 5.91 Å². The third-order valence-electron chi connectivity index (χ3n) is 7.28. The Morgan fingerprint density at radius 3 is 2.56 bits per heavy atom. The molecule has 2 aromatic rings. The number of phenolic OH excluding ortho intramolecular Hbond substituents is 1. The number of thioether (sulfide) groups is 2. The van der Waals surface area contributed by atoms with Crippen LogP contribution in [0.25, 0.3) is 6.08 Å². The molecule has 0 saturated carbocycles. The van der Waals surface area contributed by atoms with Crippen LogP contribution < -0.4 is 10.6 Å². The number of rotatable bonds is 9. The van der Waals surface area contributed by atoms with Crippen LogP contribution in [0.3, 0.4) is 0 Å². The third-order valence-corrected chi connectivity index (χ3v) is 9.64. The lowest BCUT2D eigenvalue weighted by atomic mass is 10.0. The molecule has 4 N–H and O–H groups in total. The number of nitrogens with one attached hydrogen (secondary N) is 2. The largest absolute Gasteiger partial charge is 0.508 e. The number of carbonyl (C=O) groups is 6. The molecule has 2 fully saturated rings. The number of benzene rings is 1. The highest BCUT2D eigenvalue weighted by Crippen LogP contribution is 2.44. The summed E-state index contributed by atoms with van der Waals surface area (Å²) in [4.78, 5) is 84.7. The summed E-state index contributed by atoms with van der Waals surface area (Å²) in [6.07, 6.45) is 5.06. The second kappa shape index (κ2) is 13.4. The van der Waals surface area contributed by atoms with Gasteiger partial charge in [-0.3, -0.25) is 34.0 Å². The van der Waals surface area contributed by atoms with Crippen LogP contribution in [0.15, 0.2) is 64.8 Å². The number of hydrogen-bond donors (Lipinski definition) is 4. The van der Waals surface area contributed by atoms with E-state index < -0.39 is 53.1 Å². The van der Waals surface area contributed by atoms with E-state index in [4.69, 9.17) is 0 Å². The number of phenols is 1. The van der Waals surface area contributed by atoms with Crippen LogP contribution in [0.4, 0.5) is 4.79 Å². The van der Waals surface area contributed by atoms with Gasteiger partial charge in [0.05, 0.1) is 0 Å². The Kier molecular flexibility index (Phi) is 9.43. The lowest BCUT2D eigenvalue weighted by Crippen LogP contribution is -2.71. The number of aromatic hydroxyl groups is 1. The van der Waals surface area contributed by atoms with E-state index in [1.165, 1.54) is 52.7 Å². The number of carboxylic acids is 1. The van der Waals surface area contributed by atoms with Crippen molar-refractivity contribution in [2.45, 2.75) is 24.4 Å². The van der Waals surface area contributed by atoms with E-state index in [-0.39, 0.29) is 35.9 Å². The summed E-state index contributed by atoms with van der Waals surface area (Å²) >= 11 is 2.45. The first-order valence-corrected chi connectivity index (χ1v) is 15.7. The van der Waals surface area contributed by atoms with Crippen LogP contribution in [0.2, 0.25) is 0 Å². The van der Waals surface area contributed by atoms with E-state index >= 15 is 0 Å². The minimum absolute atomic E-state index is 0.0784. The molecule has 1 aromatic carbocycles. The minimum Gasteiger partial charge on any atom is -0.508 e. The van der Waals surface area contributed by atoms with Gasteiger partial charge in [0.1, 0.15) is 28.9 Å². The number of aliphatic carboxylic acids is 1. The molecular weight excluding hydrogens is 624 g/mol. The molecule has 0 bridgehead atoms. The minimum atomic E-state index is -1.42. The Labute approximate surface area is 265 Å². The number of piperazine rings is 1. The summed E-state index contributed by atoms with van der Waals surface area (Å²) in [5.41, 5.74) is 0.878. The van der Waals surface area contributed by atoms with Crippen molar-refractivity contribution in [2.24, 2.45) is 0 Å². The first-order chi connectivity index (χ1) is 21.6. The van der Waals surface area contributed by atoms with Crippen molar-refractivity contribution in [1.82, 2.24) is 30.3 Å². The van der Waals surface area contributed by atoms with Gasteiger partial charge in [0.25, 0.3) is 5.91 Å².